The lowest BCUT2D eigenvalue weighted by Crippen LogP contribution is -2.44. The molecule has 2 amide bonds. The van der Waals surface area contributed by atoms with E-state index in [1.54, 1.807) is 0 Å². The molecule has 8 heteroatoms. The third kappa shape index (κ3) is 3.36. The average Bonchev–Trinajstić information content (AvgIpc) is 2.94. The second-order valence-electron chi connectivity index (χ2n) is 6.07. The maximum absolute atomic E-state index is 12.3. The largest absolute Gasteiger partial charge is 0.408 e. The van der Waals surface area contributed by atoms with Crippen LogP contribution in [0.3, 0.4) is 0 Å². The third-order valence-corrected chi connectivity index (χ3v) is 4.48. The van der Waals surface area contributed by atoms with Crippen LogP contribution in [-0.4, -0.2) is 39.5 Å². The molecule has 1 atom stereocenters. The van der Waals surface area contributed by atoms with Crippen LogP contribution in [-0.2, 0) is 6.54 Å². The third-order valence-electron chi connectivity index (χ3n) is 4.48. The molecule has 5 nitrogen and oxygen atoms in total. The van der Waals surface area contributed by atoms with Crippen LogP contribution in [0.2, 0.25) is 0 Å². The smallest absolute Gasteiger partial charge is 0.321 e. The number of amides is 2. The number of anilines is 1. The van der Waals surface area contributed by atoms with Crippen molar-refractivity contribution in [1.82, 2.24) is 14.7 Å². The van der Waals surface area contributed by atoms with Crippen molar-refractivity contribution in [2.75, 3.05) is 11.9 Å². The number of urea groups is 1. The van der Waals surface area contributed by atoms with Crippen LogP contribution >= 0.6 is 0 Å². The Morgan fingerprint density at radius 2 is 2.09 bits per heavy atom. The lowest BCUT2D eigenvalue weighted by Gasteiger charge is -2.36. The summed E-state index contributed by atoms with van der Waals surface area (Å²) in [5.41, 5.74) is 0.300. The van der Waals surface area contributed by atoms with Crippen molar-refractivity contribution in [3.8, 4) is 0 Å². The molecule has 0 spiro atoms. The van der Waals surface area contributed by atoms with Crippen LogP contribution in [0.15, 0.2) is 12.4 Å². The number of rotatable bonds is 3. The van der Waals surface area contributed by atoms with E-state index in [-0.39, 0.29) is 12.1 Å². The number of nitrogens with one attached hydrogen (secondary N) is 1. The molecule has 1 aromatic heterocycles. The predicted molar refractivity (Wildman–Crippen MR) is 74.4 cm³/mol. The summed E-state index contributed by atoms with van der Waals surface area (Å²) in [7, 11) is 0. The van der Waals surface area contributed by atoms with Gasteiger partial charge >= 0.3 is 12.2 Å². The Hall–Kier alpha value is -1.73. The second-order valence-corrected chi connectivity index (χ2v) is 6.07. The van der Waals surface area contributed by atoms with Gasteiger partial charge in [-0.3, -0.25) is 4.68 Å². The number of hydrogen-bond donors (Lipinski definition) is 1. The van der Waals surface area contributed by atoms with Crippen molar-refractivity contribution in [2.45, 2.75) is 50.9 Å². The number of alkyl halides is 3. The minimum Gasteiger partial charge on any atom is -0.321 e. The molecule has 1 aromatic rings. The Bertz CT molecular complexity index is 538. The van der Waals surface area contributed by atoms with E-state index in [1.807, 2.05) is 4.90 Å². The number of carbonyl (C=O) groups excluding carboxylic acids is 1. The fourth-order valence-electron chi connectivity index (χ4n) is 3.25. The monoisotopic (exact) mass is 316 g/mol. The minimum absolute atomic E-state index is 0.235. The zero-order valence-electron chi connectivity index (χ0n) is 12.1. The van der Waals surface area contributed by atoms with Crippen LogP contribution in [0.4, 0.5) is 23.7 Å². The van der Waals surface area contributed by atoms with Gasteiger partial charge in [-0.1, -0.05) is 6.42 Å². The lowest BCUT2D eigenvalue weighted by atomic mass is 9.79. The average molecular weight is 316 g/mol. The van der Waals surface area contributed by atoms with Crippen molar-refractivity contribution < 1.29 is 18.0 Å². The highest BCUT2D eigenvalue weighted by atomic mass is 19.4. The summed E-state index contributed by atoms with van der Waals surface area (Å²) in [6.45, 7) is -0.443. The minimum atomic E-state index is -4.32. The number of hydrogen-bond acceptors (Lipinski definition) is 2. The molecular weight excluding hydrogens is 297 g/mol. The molecule has 22 heavy (non-hydrogen) atoms. The van der Waals surface area contributed by atoms with Crippen molar-refractivity contribution in [2.24, 2.45) is 5.92 Å². The van der Waals surface area contributed by atoms with Gasteiger partial charge in [0.05, 0.1) is 11.9 Å². The van der Waals surface area contributed by atoms with Crippen molar-refractivity contribution >= 4 is 11.7 Å². The van der Waals surface area contributed by atoms with Gasteiger partial charge in [-0.2, -0.15) is 18.3 Å². The van der Waals surface area contributed by atoms with Gasteiger partial charge in [-0.05, 0) is 31.6 Å². The van der Waals surface area contributed by atoms with E-state index in [9.17, 15) is 18.0 Å². The van der Waals surface area contributed by atoms with Crippen LogP contribution in [0.25, 0.3) is 0 Å². The number of aromatic nitrogens is 2. The first kappa shape index (κ1) is 15.2. The Morgan fingerprint density at radius 3 is 2.73 bits per heavy atom. The van der Waals surface area contributed by atoms with E-state index in [0.29, 0.717) is 18.2 Å². The predicted octanol–water partition coefficient (Wildman–Crippen LogP) is 3.24. The topological polar surface area (TPSA) is 50.2 Å². The standard InChI is InChI=1S/C14H19F3N4O/c15-14(16,17)9-20-8-11(7-18-20)19-13(22)21-6-2-5-12(21)10-3-1-4-10/h7-8,10,12H,1-6,9H2,(H,19,22)/t12-/m1/s1. The Kier molecular flexibility index (Phi) is 4.01. The van der Waals surface area contributed by atoms with E-state index in [1.165, 1.54) is 18.8 Å². The highest BCUT2D eigenvalue weighted by Crippen LogP contribution is 2.37. The Labute approximate surface area is 126 Å². The van der Waals surface area contributed by atoms with E-state index in [2.05, 4.69) is 10.4 Å². The Morgan fingerprint density at radius 1 is 1.32 bits per heavy atom. The van der Waals surface area contributed by atoms with Gasteiger partial charge in [0.1, 0.15) is 6.54 Å². The molecule has 0 unspecified atom stereocenters. The molecule has 3 rings (SSSR count). The summed E-state index contributed by atoms with van der Waals surface area (Å²) in [5.74, 6) is 0.584. The van der Waals surface area contributed by atoms with Gasteiger partial charge in [-0.15, -0.1) is 0 Å². The van der Waals surface area contributed by atoms with Gasteiger partial charge in [0.2, 0.25) is 0 Å². The Balaban J connectivity index is 1.59. The first-order chi connectivity index (χ1) is 10.4. The van der Waals surface area contributed by atoms with Crippen molar-refractivity contribution in [3.05, 3.63) is 12.4 Å². The number of halogens is 3. The van der Waals surface area contributed by atoms with Crippen molar-refractivity contribution in [3.63, 3.8) is 0 Å². The van der Waals surface area contributed by atoms with E-state index < -0.39 is 12.7 Å². The highest BCUT2D eigenvalue weighted by molar-refractivity contribution is 5.89. The summed E-state index contributed by atoms with van der Waals surface area (Å²) >= 11 is 0. The molecular formula is C14H19F3N4O. The molecule has 1 saturated carbocycles. The maximum atomic E-state index is 12.3. The molecule has 0 bridgehead atoms. The molecule has 1 N–H and O–H groups in total. The normalized spacial score (nSPS) is 22.7. The summed E-state index contributed by atoms with van der Waals surface area (Å²) in [6.07, 6.45) is 3.69. The van der Waals surface area contributed by atoms with Gasteiger partial charge < -0.3 is 10.2 Å². The first-order valence-electron chi connectivity index (χ1n) is 7.59. The lowest BCUT2D eigenvalue weighted by molar-refractivity contribution is -0.142. The molecule has 1 saturated heterocycles. The zero-order valence-corrected chi connectivity index (χ0v) is 12.1. The number of carbonyl (C=O) groups is 1. The van der Waals surface area contributed by atoms with E-state index in [4.69, 9.17) is 0 Å². The highest BCUT2D eigenvalue weighted by Gasteiger charge is 2.37. The molecule has 122 valence electrons. The molecule has 0 aromatic carbocycles. The fourth-order valence-corrected chi connectivity index (χ4v) is 3.25. The maximum Gasteiger partial charge on any atom is 0.408 e. The van der Waals surface area contributed by atoms with Crippen LogP contribution in [0.1, 0.15) is 32.1 Å². The number of nitrogens with zero attached hydrogens (tertiary/aromatic N) is 3. The summed E-state index contributed by atoms with van der Waals surface area (Å²) < 4.78 is 37.6. The quantitative estimate of drug-likeness (QED) is 0.930. The zero-order chi connectivity index (χ0) is 15.7. The van der Waals surface area contributed by atoms with Crippen LogP contribution in [0.5, 0.6) is 0 Å². The molecule has 2 aliphatic rings. The van der Waals surface area contributed by atoms with Gasteiger partial charge in [0, 0.05) is 18.8 Å². The molecule has 2 heterocycles. The van der Waals surface area contributed by atoms with E-state index >= 15 is 0 Å². The fraction of sp³-hybridized carbons (Fsp3) is 0.714. The first-order valence-corrected chi connectivity index (χ1v) is 7.59. The van der Waals surface area contributed by atoms with Gasteiger partial charge in [0.15, 0.2) is 0 Å². The molecule has 0 radical (unpaired) electrons. The summed E-state index contributed by atoms with van der Waals surface area (Å²) in [5, 5.41) is 6.29. The van der Waals surface area contributed by atoms with Gasteiger partial charge in [-0.25, -0.2) is 4.79 Å². The molecule has 2 fully saturated rings. The van der Waals surface area contributed by atoms with Crippen LogP contribution < -0.4 is 5.32 Å². The second kappa shape index (κ2) is 5.81. The summed E-state index contributed by atoms with van der Waals surface area (Å²) in [6, 6.07) is 0.0416. The molecule has 1 aliphatic carbocycles. The van der Waals surface area contributed by atoms with Gasteiger partial charge in [0.25, 0.3) is 0 Å². The summed E-state index contributed by atoms with van der Waals surface area (Å²) in [4.78, 5) is 14.1. The van der Waals surface area contributed by atoms with Crippen molar-refractivity contribution in [1.29, 1.82) is 0 Å². The van der Waals surface area contributed by atoms with E-state index in [0.717, 1.165) is 30.4 Å². The SMILES string of the molecule is O=C(Nc1cnn(CC(F)(F)F)c1)N1CCC[C@@H]1C1CCC1. The molecule has 1 aliphatic heterocycles. The van der Waals surface area contributed by atoms with Crippen LogP contribution in [0, 0.1) is 5.92 Å². The number of likely N-dealkylation sites (tertiary alicyclic amines) is 1.